The van der Waals surface area contributed by atoms with Crippen LogP contribution in [0, 0.1) is 6.92 Å². The van der Waals surface area contributed by atoms with E-state index in [9.17, 15) is 4.79 Å². The first-order valence-electron chi connectivity index (χ1n) is 8.58. The van der Waals surface area contributed by atoms with Gasteiger partial charge in [-0.25, -0.2) is 4.79 Å². The average Bonchev–Trinajstić information content (AvgIpc) is 2.67. The molecule has 7 heteroatoms. The molecule has 2 amide bonds. The lowest BCUT2D eigenvalue weighted by Gasteiger charge is -2.38. The maximum atomic E-state index is 12.5. The van der Waals surface area contributed by atoms with Gasteiger partial charge >= 0.3 is 6.03 Å². The Morgan fingerprint density at radius 3 is 3.04 bits per heavy atom. The molecule has 7 nitrogen and oxygen atoms in total. The fraction of sp³-hybridized carbons (Fsp3) is 0.444. The van der Waals surface area contributed by atoms with Gasteiger partial charge in [0.25, 0.3) is 0 Å². The van der Waals surface area contributed by atoms with Gasteiger partial charge in [-0.05, 0) is 49.1 Å². The fourth-order valence-electron chi connectivity index (χ4n) is 3.10. The van der Waals surface area contributed by atoms with Crippen molar-refractivity contribution in [3.63, 3.8) is 0 Å². The number of pyridine rings is 1. The van der Waals surface area contributed by atoms with Crippen LogP contribution in [0.15, 0.2) is 36.8 Å². The number of rotatable bonds is 4. The van der Waals surface area contributed by atoms with E-state index in [2.05, 4.69) is 25.4 Å². The number of anilines is 1. The van der Waals surface area contributed by atoms with Crippen LogP contribution in [0.1, 0.15) is 24.0 Å². The normalized spacial score (nSPS) is 17.2. The van der Waals surface area contributed by atoms with Crippen LogP contribution in [0.25, 0.3) is 0 Å². The SMILES string of the molecule is Cc1cnccc1CNC(=O)N(C)[C@@H]1CCCN(c2cccnn2)C1. The van der Waals surface area contributed by atoms with Gasteiger partial charge in [0.1, 0.15) is 0 Å². The molecule has 132 valence electrons. The highest BCUT2D eigenvalue weighted by Gasteiger charge is 2.26. The minimum Gasteiger partial charge on any atom is -0.353 e. The molecule has 2 aromatic heterocycles. The minimum absolute atomic E-state index is 0.0535. The van der Waals surface area contributed by atoms with Crippen LogP contribution in [0.3, 0.4) is 0 Å². The van der Waals surface area contributed by atoms with Gasteiger partial charge in [0.2, 0.25) is 0 Å². The van der Waals surface area contributed by atoms with E-state index in [0.29, 0.717) is 6.54 Å². The van der Waals surface area contributed by atoms with Crippen molar-refractivity contribution < 1.29 is 4.79 Å². The van der Waals surface area contributed by atoms with Gasteiger partial charge < -0.3 is 15.1 Å². The lowest BCUT2D eigenvalue weighted by molar-refractivity contribution is 0.182. The van der Waals surface area contributed by atoms with Gasteiger partial charge in [-0.3, -0.25) is 4.98 Å². The van der Waals surface area contributed by atoms with Gasteiger partial charge in [0.05, 0.1) is 6.04 Å². The molecule has 1 atom stereocenters. The maximum Gasteiger partial charge on any atom is 0.317 e. The number of piperidine rings is 1. The van der Waals surface area contributed by atoms with Crippen molar-refractivity contribution in [2.75, 3.05) is 25.0 Å². The molecule has 1 fully saturated rings. The van der Waals surface area contributed by atoms with Gasteiger partial charge in [-0.1, -0.05) is 0 Å². The zero-order chi connectivity index (χ0) is 17.6. The Morgan fingerprint density at radius 1 is 1.40 bits per heavy atom. The van der Waals surface area contributed by atoms with E-state index in [4.69, 9.17) is 0 Å². The summed E-state index contributed by atoms with van der Waals surface area (Å²) in [6, 6.07) is 5.89. The van der Waals surface area contributed by atoms with Crippen molar-refractivity contribution in [1.82, 2.24) is 25.4 Å². The number of nitrogens with zero attached hydrogens (tertiary/aromatic N) is 5. The maximum absolute atomic E-state index is 12.5. The third kappa shape index (κ3) is 4.23. The van der Waals surface area contributed by atoms with Crippen molar-refractivity contribution >= 4 is 11.8 Å². The van der Waals surface area contributed by atoms with Crippen molar-refractivity contribution in [2.24, 2.45) is 0 Å². The molecule has 1 saturated heterocycles. The molecule has 0 spiro atoms. The second-order valence-corrected chi connectivity index (χ2v) is 6.40. The Kier molecular flexibility index (Phi) is 5.42. The van der Waals surface area contributed by atoms with Gasteiger partial charge in [0, 0.05) is 45.3 Å². The Morgan fingerprint density at radius 2 is 2.28 bits per heavy atom. The Labute approximate surface area is 148 Å². The molecule has 1 N–H and O–H groups in total. The van der Waals surface area contributed by atoms with E-state index in [-0.39, 0.29) is 12.1 Å². The molecule has 2 aromatic rings. The van der Waals surface area contributed by atoms with Crippen molar-refractivity contribution in [3.8, 4) is 0 Å². The summed E-state index contributed by atoms with van der Waals surface area (Å²) in [5.41, 5.74) is 2.17. The molecule has 25 heavy (non-hydrogen) atoms. The molecule has 0 unspecified atom stereocenters. The summed E-state index contributed by atoms with van der Waals surface area (Å²) in [6.07, 6.45) is 7.26. The number of aryl methyl sites for hydroxylation is 1. The van der Waals surface area contributed by atoms with Crippen LogP contribution >= 0.6 is 0 Å². The van der Waals surface area contributed by atoms with Crippen LogP contribution < -0.4 is 10.2 Å². The number of likely N-dealkylation sites (N-methyl/N-ethyl adjacent to an activating group) is 1. The van der Waals surface area contributed by atoms with Gasteiger partial charge in [-0.2, -0.15) is 5.10 Å². The number of carbonyl (C=O) groups is 1. The molecule has 0 bridgehead atoms. The molecule has 0 radical (unpaired) electrons. The first-order chi connectivity index (χ1) is 12.1. The number of hydrogen-bond acceptors (Lipinski definition) is 5. The topological polar surface area (TPSA) is 74.2 Å². The molecular formula is C18H24N6O. The first-order valence-corrected chi connectivity index (χ1v) is 8.58. The second-order valence-electron chi connectivity index (χ2n) is 6.40. The van der Waals surface area contributed by atoms with E-state index in [1.54, 1.807) is 17.3 Å². The van der Waals surface area contributed by atoms with Crippen molar-refractivity contribution in [1.29, 1.82) is 0 Å². The number of nitrogens with one attached hydrogen (secondary N) is 1. The summed E-state index contributed by atoms with van der Waals surface area (Å²) in [4.78, 5) is 20.6. The van der Waals surface area contributed by atoms with E-state index >= 15 is 0 Å². The lowest BCUT2D eigenvalue weighted by Crippen LogP contribution is -2.51. The quantitative estimate of drug-likeness (QED) is 0.921. The zero-order valence-corrected chi connectivity index (χ0v) is 14.7. The molecule has 3 rings (SSSR count). The Hall–Kier alpha value is -2.70. The van der Waals surface area contributed by atoms with Gasteiger partial charge in [0.15, 0.2) is 5.82 Å². The largest absolute Gasteiger partial charge is 0.353 e. The van der Waals surface area contributed by atoms with Crippen LogP contribution in [-0.2, 0) is 6.54 Å². The molecule has 0 saturated carbocycles. The molecule has 0 aliphatic carbocycles. The molecule has 3 heterocycles. The van der Waals surface area contributed by atoms with E-state index in [1.165, 1.54) is 0 Å². The number of amides is 2. The monoisotopic (exact) mass is 340 g/mol. The predicted molar refractivity (Wildman–Crippen MR) is 96.2 cm³/mol. The molecule has 1 aliphatic heterocycles. The third-order valence-electron chi connectivity index (χ3n) is 4.71. The molecular weight excluding hydrogens is 316 g/mol. The highest BCUT2D eigenvalue weighted by molar-refractivity contribution is 5.74. The number of hydrogen-bond donors (Lipinski definition) is 1. The first kappa shape index (κ1) is 17.1. The average molecular weight is 340 g/mol. The summed E-state index contributed by atoms with van der Waals surface area (Å²) in [6.45, 7) is 4.23. The summed E-state index contributed by atoms with van der Waals surface area (Å²) < 4.78 is 0. The predicted octanol–water partition coefficient (Wildman–Crippen LogP) is 1.99. The number of carbonyl (C=O) groups excluding carboxylic acids is 1. The highest BCUT2D eigenvalue weighted by atomic mass is 16.2. The van der Waals surface area contributed by atoms with Crippen LogP contribution in [-0.4, -0.2) is 52.3 Å². The molecule has 1 aliphatic rings. The third-order valence-corrected chi connectivity index (χ3v) is 4.71. The van der Waals surface area contributed by atoms with Crippen molar-refractivity contribution in [3.05, 3.63) is 47.9 Å². The summed E-state index contributed by atoms with van der Waals surface area (Å²) in [7, 11) is 1.86. The van der Waals surface area contributed by atoms with E-state index < -0.39 is 0 Å². The van der Waals surface area contributed by atoms with Crippen LogP contribution in [0.4, 0.5) is 10.6 Å². The summed E-state index contributed by atoms with van der Waals surface area (Å²) >= 11 is 0. The summed E-state index contributed by atoms with van der Waals surface area (Å²) in [5, 5.41) is 11.1. The van der Waals surface area contributed by atoms with Crippen molar-refractivity contribution in [2.45, 2.75) is 32.4 Å². The van der Waals surface area contributed by atoms with Crippen LogP contribution in [0.2, 0.25) is 0 Å². The second kappa shape index (κ2) is 7.92. The standard InChI is InChI=1S/C18H24N6O/c1-14-11-19-9-7-15(14)12-20-18(25)23(2)16-5-4-10-24(13-16)17-6-3-8-21-22-17/h3,6-9,11,16H,4-5,10,12-13H2,1-2H3,(H,20,25)/t16-/m1/s1. The smallest absolute Gasteiger partial charge is 0.317 e. The van der Waals surface area contributed by atoms with Gasteiger partial charge in [-0.15, -0.1) is 5.10 Å². The Bertz CT molecular complexity index is 708. The van der Waals surface area contributed by atoms with E-state index in [0.717, 1.165) is 42.9 Å². The summed E-state index contributed by atoms with van der Waals surface area (Å²) in [5.74, 6) is 0.869. The van der Waals surface area contributed by atoms with E-state index in [1.807, 2.05) is 38.4 Å². The highest BCUT2D eigenvalue weighted by Crippen LogP contribution is 2.19. The Balaban J connectivity index is 1.57. The van der Waals surface area contributed by atoms with Crippen LogP contribution in [0.5, 0.6) is 0 Å². The number of urea groups is 1. The molecule has 0 aromatic carbocycles. The lowest BCUT2D eigenvalue weighted by atomic mass is 10.0. The zero-order valence-electron chi connectivity index (χ0n) is 14.7. The fourth-order valence-corrected chi connectivity index (χ4v) is 3.10. The number of aromatic nitrogens is 3. The minimum atomic E-state index is -0.0535.